The van der Waals surface area contributed by atoms with Gasteiger partial charge in [0.15, 0.2) is 5.16 Å². The molecule has 0 radical (unpaired) electrons. The lowest BCUT2D eigenvalue weighted by Gasteiger charge is -2.09. The lowest BCUT2D eigenvalue weighted by Crippen LogP contribution is -2.20. The number of aromatic nitrogens is 2. The van der Waals surface area contributed by atoms with E-state index in [0.717, 1.165) is 33.1 Å². The molecule has 0 spiro atoms. The first kappa shape index (κ1) is 22.9. The largest absolute Gasteiger partial charge is 0.494 e. The van der Waals surface area contributed by atoms with Gasteiger partial charge in [-0.1, -0.05) is 47.6 Å². The van der Waals surface area contributed by atoms with E-state index < -0.39 is 0 Å². The highest BCUT2D eigenvalue weighted by molar-refractivity contribution is 7.99. The van der Waals surface area contributed by atoms with Crippen molar-refractivity contribution in [2.75, 3.05) is 12.4 Å². The quantitative estimate of drug-likeness (QED) is 0.199. The summed E-state index contributed by atoms with van der Waals surface area (Å²) in [7, 11) is 0. The van der Waals surface area contributed by atoms with E-state index in [1.54, 1.807) is 6.21 Å². The zero-order valence-electron chi connectivity index (χ0n) is 18.1. The molecule has 0 unspecified atom stereocenters. The molecule has 1 N–H and O–H groups in total. The van der Waals surface area contributed by atoms with Crippen molar-refractivity contribution in [2.45, 2.75) is 18.6 Å². The molecular formula is C25H23ClN4O2S. The molecule has 1 heterocycles. The third-order valence-electron chi connectivity index (χ3n) is 4.80. The molecule has 168 valence electrons. The summed E-state index contributed by atoms with van der Waals surface area (Å²) in [5.41, 5.74) is 6.46. The van der Waals surface area contributed by atoms with Gasteiger partial charge in [0.05, 0.1) is 36.2 Å². The Bertz CT molecular complexity index is 1250. The first-order valence-corrected chi connectivity index (χ1v) is 11.9. The van der Waals surface area contributed by atoms with Crippen LogP contribution in [-0.4, -0.2) is 34.0 Å². The minimum Gasteiger partial charge on any atom is -0.494 e. The van der Waals surface area contributed by atoms with Gasteiger partial charge in [-0.05, 0) is 66.6 Å². The summed E-state index contributed by atoms with van der Waals surface area (Å²) in [4.78, 5) is 17.1. The molecule has 0 saturated carbocycles. The smallest absolute Gasteiger partial charge is 0.250 e. The average molecular weight is 479 g/mol. The molecule has 0 bridgehead atoms. The van der Waals surface area contributed by atoms with E-state index in [-0.39, 0.29) is 11.7 Å². The van der Waals surface area contributed by atoms with Gasteiger partial charge in [0.1, 0.15) is 5.75 Å². The minimum absolute atomic E-state index is 0.199. The van der Waals surface area contributed by atoms with Crippen LogP contribution in [0.25, 0.3) is 11.0 Å². The van der Waals surface area contributed by atoms with Crippen LogP contribution in [0.1, 0.15) is 18.1 Å². The van der Waals surface area contributed by atoms with Crippen molar-refractivity contribution < 1.29 is 9.53 Å². The van der Waals surface area contributed by atoms with Crippen LogP contribution in [0.3, 0.4) is 0 Å². The first-order valence-electron chi connectivity index (χ1n) is 10.5. The number of nitrogens with one attached hydrogen (secondary N) is 1. The Balaban J connectivity index is 1.40. The minimum atomic E-state index is -0.202. The fourth-order valence-corrected chi connectivity index (χ4v) is 4.18. The number of hydrogen-bond donors (Lipinski definition) is 1. The standard InChI is InChI=1S/C25H23ClN4O2S/c1-2-32-21-13-9-18(10-14-21)15-27-29-24(31)17-33-25-28-22-5-3-4-6-23(22)30(25)16-19-7-11-20(26)12-8-19/h3-15H,2,16-17H2,1H3,(H,29,31)/b27-15-. The summed E-state index contributed by atoms with van der Waals surface area (Å²) in [5.74, 6) is 0.800. The normalized spacial score (nSPS) is 11.2. The second kappa shape index (κ2) is 11.0. The third kappa shape index (κ3) is 6.15. The Hall–Kier alpha value is -3.29. The van der Waals surface area contributed by atoms with Crippen LogP contribution in [0.5, 0.6) is 5.75 Å². The number of imidazole rings is 1. The first-order chi connectivity index (χ1) is 16.1. The number of hydrazone groups is 1. The molecule has 3 aromatic carbocycles. The van der Waals surface area contributed by atoms with E-state index in [1.165, 1.54) is 11.8 Å². The molecule has 0 aliphatic carbocycles. The predicted molar refractivity (Wildman–Crippen MR) is 134 cm³/mol. The summed E-state index contributed by atoms with van der Waals surface area (Å²) >= 11 is 7.40. The van der Waals surface area contributed by atoms with E-state index in [0.29, 0.717) is 18.2 Å². The van der Waals surface area contributed by atoms with E-state index >= 15 is 0 Å². The lowest BCUT2D eigenvalue weighted by atomic mass is 10.2. The summed E-state index contributed by atoms with van der Waals surface area (Å²) in [6.07, 6.45) is 1.61. The van der Waals surface area contributed by atoms with Crippen LogP contribution >= 0.6 is 23.4 Å². The molecule has 0 aliphatic heterocycles. The van der Waals surface area contributed by atoms with Gasteiger partial charge in [0.2, 0.25) is 0 Å². The van der Waals surface area contributed by atoms with Crippen LogP contribution in [-0.2, 0) is 11.3 Å². The third-order valence-corrected chi connectivity index (χ3v) is 6.03. The second-order valence-electron chi connectivity index (χ2n) is 7.18. The SMILES string of the molecule is CCOc1ccc(/C=N\NC(=O)CSc2nc3ccccc3n2Cc2ccc(Cl)cc2)cc1. The molecule has 4 rings (SSSR count). The fraction of sp³-hybridized carbons (Fsp3) is 0.160. The van der Waals surface area contributed by atoms with Crippen molar-refractivity contribution in [3.8, 4) is 5.75 Å². The van der Waals surface area contributed by atoms with Crippen LogP contribution < -0.4 is 10.2 Å². The summed E-state index contributed by atoms with van der Waals surface area (Å²) in [6, 6.07) is 23.2. The highest BCUT2D eigenvalue weighted by atomic mass is 35.5. The maximum absolute atomic E-state index is 12.4. The number of para-hydroxylation sites is 2. The van der Waals surface area contributed by atoms with Gasteiger partial charge in [0.25, 0.3) is 5.91 Å². The molecule has 33 heavy (non-hydrogen) atoms. The number of nitrogens with zero attached hydrogens (tertiary/aromatic N) is 3. The van der Waals surface area contributed by atoms with Gasteiger partial charge in [-0.25, -0.2) is 10.4 Å². The molecule has 1 amide bonds. The average Bonchev–Trinajstić information content (AvgIpc) is 3.18. The number of fused-ring (bicyclic) bond motifs is 1. The number of ether oxygens (including phenoxy) is 1. The van der Waals surface area contributed by atoms with Gasteiger partial charge >= 0.3 is 0 Å². The molecule has 0 fully saturated rings. The van der Waals surface area contributed by atoms with Gasteiger partial charge in [-0.3, -0.25) is 4.79 Å². The maximum Gasteiger partial charge on any atom is 0.250 e. The number of hydrogen-bond acceptors (Lipinski definition) is 5. The highest BCUT2D eigenvalue weighted by Crippen LogP contribution is 2.25. The summed E-state index contributed by atoms with van der Waals surface area (Å²) < 4.78 is 7.53. The van der Waals surface area contributed by atoms with E-state index in [4.69, 9.17) is 21.3 Å². The number of thioether (sulfide) groups is 1. The Labute approximate surface area is 201 Å². The monoisotopic (exact) mass is 478 g/mol. The molecule has 0 saturated heterocycles. The Morgan fingerprint density at radius 1 is 1.12 bits per heavy atom. The van der Waals surface area contributed by atoms with Crippen LogP contribution in [0.2, 0.25) is 5.02 Å². The van der Waals surface area contributed by atoms with Crippen molar-refractivity contribution >= 4 is 46.5 Å². The Kier molecular flexibility index (Phi) is 7.65. The number of carbonyl (C=O) groups excluding carboxylic acids is 1. The molecule has 6 nitrogen and oxygen atoms in total. The second-order valence-corrected chi connectivity index (χ2v) is 8.56. The zero-order chi connectivity index (χ0) is 23.0. The van der Waals surface area contributed by atoms with Crippen molar-refractivity contribution in [3.63, 3.8) is 0 Å². The molecule has 0 aliphatic rings. The summed E-state index contributed by atoms with van der Waals surface area (Å²) in [5, 5.41) is 5.53. The summed E-state index contributed by atoms with van der Waals surface area (Å²) in [6.45, 7) is 3.20. The Morgan fingerprint density at radius 3 is 2.64 bits per heavy atom. The number of rotatable bonds is 9. The van der Waals surface area contributed by atoms with Crippen molar-refractivity contribution in [1.82, 2.24) is 15.0 Å². The number of halogens is 1. The number of benzene rings is 3. The van der Waals surface area contributed by atoms with Gasteiger partial charge in [0, 0.05) is 5.02 Å². The highest BCUT2D eigenvalue weighted by Gasteiger charge is 2.13. The van der Waals surface area contributed by atoms with Crippen LogP contribution in [0.15, 0.2) is 83.1 Å². The lowest BCUT2D eigenvalue weighted by molar-refractivity contribution is -0.118. The van der Waals surface area contributed by atoms with Gasteiger partial charge in [-0.2, -0.15) is 5.10 Å². The van der Waals surface area contributed by atoms with Crippen LogP contribution in [0.4, 0.5) is 0 Å². The van der Waals surface area contributed by atoms with E-state index in [9.17, 15) is 4.79 Å². The fourth-order valence-electron chi connectivity index (χ4n) is 3.25. The van der Waals surface area contributed by atoms with Gasteiger partial charge in [-0.15, -0.1) is 0 Å². The molecule has 0 atom stereocenters. The topological polar surface area (TPSA) is 68.5 Å². The molecule has 1 aromatic heterocycles. The number of amides is 1. The maximum atomic E-state index is 12.4. The van der Waals surface area contributed by atoms with E-state index in [1.807, 2.05) is 79.7 Å². The van der Waals surface area contributed by atoms with Crippen molar-refractivity contribution in [2.24, 2.45) is 5.10 Å². The molecule has 4 aromatic rings. The van der Waals surface area contributed by atoms with Crippen molar-refractivity contribution in [1.29, 1.82) is 0 Å². The van der Waals surface area contributed by atoms with Crippen LogP contribution in [0, 0.1) is 0 Å². The number of carbonyl (C=O) groups is 1. The van der Waals surface area contributed by atoms with Gasteiger partial charge < -0.3 is 9.30 Å². The molecular weight excluding hydrogens is 456 g/mol. The van der Waals surface area contributed by atoms with E-state index in [2.05, 4.69) is 15.1 Å². The van der Waals surface area contributed by atoms with Crippen molar-refractivity contribution in [3.05, 3.63) is 88.9 Å². The Morgan fingerprint density at radius 2 is 1.88 bits per heavy atom. The zero-order valence-corrected chi connectivity index (χ0v) is 19.6. The predicted octanol–water partition coefficient (Wildman–Crippen LogP) is 5.38. The molecule has 8 heteroatoms.